The molecule has 0 spiro atoms. The van der Waals surface area contributed by atoms with Crippen LogP contribution in [0.25, 0.3) is 0 Å². The summed E-state index contributed by atoms with van der Waals surface area (Å²) in [6, 6.07) is 6.25. The van der Waals surface area contributed by atoms with Crippen molar-refractivity contribution in [2.24, 2.45) is 15.8 Å². The normalized spacial score (nSPS) is 15.9. The molecule has 0 atom stereocenters. The number of allylic oxidation sites excluding steroid dienone is 1. The summed E-state index contributed by atoms with van der Waals surface area (Å²) < 4.78 is 28.3. The maximum atomic E-state index is 14.2. The Kier molecular flexibility index (Phi) is 6.20. The molecular weight excluding hydrogens is 392 g/mol. The summed E-state index contributed by atoms with van der Waals surface area (Å²) in [4.78, 5) is 19.5. The molecule has 7 nitrogen and oxygen atoms in total. The van der Waals surface area contributed by atoms with E-state index >= 15 is 0 Å². The van der Waals surface area contributed by atoms with Crippen LogP contribution in [0.2, 0.25) is 0 Å². The van der Waals surface area contributed by atoms with Crippen LogP contribution in [0.5, 0.6) is 0 Å². The summed E-state index contributed by atoms with van der Waals surface area (Å²) in [5.74, 6) is -2.28. The smallest absolute Gasteiger partial charge is 0.335 e. The monoisotopic (exact) mass is 413 g/mol. The standard InChI is InChI=1S/C21H21F2N5O2/c1-2-17(14-11-13(19(29)30)6-7-15(14)22)27-28-20(24)26-12-21(8-4-9-21)18-16(23)5-3-10-25-18/h2-3,5-7,10-11H,1,4,8-9,12H2,(H,29,30)(H3,24,26,28)/b27-17+. The lowest BCUT2D eigenvalue weighted by atomic mass is 9.66. The molecule has 1 aromatic heterocycles. The van der Waals surface area contributed by atoms with Gasteiger partial charge in [0, 0.05) is 17.2 Å². The molecule has 0 amide bonds. The Bertz CT molecular complexity index is 1030. The number of aromatic nitrogens is 1. The third kappa shape index (κ3) is 4.35. The number of hydrogen-bond donors (Lipinski definition) is 3. The van der Waals surface area contributed by atoms with E-state index in [9.17, 15) is 13.6 Å². The second-order valence-corrected chi connectivity index (χ2v) is 6.98. The van der Waals surface area contributed by atoms with Gasteiger partial charge in [0.25, 0.3) is 0 Å². The minimum atomic E-state index is -1.19. The van der Waals surface area contributed by atoms with Gasteiger partial charge in [-0.15, -0.1) is 0 Å². The van der Waals surface area contributed by atoms with Gasteiger partial charge in [-0.3, -0.25) is 9.98 Å². The van der Waals surface area contributed by atoms with E-state index in [-0.39, 0.29) is 35.2 Å². The number of nitrogens with two attached hydrogens (primary N) is 1. The average Bonchev–Trinajstić information content (AvgIpc) is 2.69. The number of carboxylic acid groups (broad SMARTS) is 1. The number of halogens is 2. The first-order valence-corrected chi connectivity index (χ1v) is 9.26. The summed E-state index contributed by atoms with van der Waals surface area (Å²) in [6.45, 7) is 3.80. The van der Waals surface area contributed by atoms with E-state index in [4.69, 9.17) is 10.8 Å². The Morgan fingerprint density at radius 1 is 1.33 bits per heavy atom. The first-order chi connectivity index (χ1) is 14.4. The Hall–Kier alpha value is -3.62. The fraction of sp³-hybridized carbons (Fsp3) is 0.238. The molecule has 1 aliphatic rings. The lowest BCUT2D eigenvalue weighted by Gasteiger charge is -2.40. The first-order valence-electron chi connectivity index (χ1n) is 9.26. The molecule has 4 N–H and O–H groups in total. The van der Waals surface area contributed by atoms with Crippen LogP contribution in [-0.2, 0) is 5.41 Å². The predicted octanol–water partition coefficient (Wildman–Crippen LogP) is 2.97. The Morgan fingerprint density at radius 2 is 2.10 bits per heavy atom. The van der Waals surface area contributed by atoms with E-state index in [0.29, 0.717) is 5.69 Å². The summed E-state index contributed by atoms with van der Waals surface area (Å²) in [6.07, 6.45) is 5.24. The van der Waals surface area contributed by atoms with Gasteiger partial charge in [-0.2, -0.15) is 5.10 Å². The molecule has 0 radical (unpaired) electrons. The van der Waals surface area contributed by atoms with Crippen LogP contribution in [0.1, 0.15) is 40.9 Å². The van der Waals surface area contributed by atoms with Crippen molar-refractivity contribution in [1.29, 1.82) is 0 Å². The summed E-state index contributed by atoms with van der Waals surface area (Å²) >= 11 is 0. The molecule has 1 aliphatic carbocycles. The number of nitrogens with zero attached hydrogens (tertiary/aromatic N) is 3. The SMILES string of the molecule is C=C/C(=N\NC(N)=NCC1(c2ncccc2F)CCC1)c1cc(C(=O)O)ccc1F. The van der Waals surface area contributed by atoms with Gasteiger partial charge in [-0.25, -0.2) is 19.0 Å². The van der Waals surface area contributed by atoms with Crippen molar-refractivity contribution in [1.82, 2.24) is 10.4 Å². The maximum Gasteiger partial charge on any atom is 0.335 e. The molecule has 0 bridgehead atoms. The number of carboxylic acids is 1. The van der Waals surface area contributed by atoms with Gasteiger partial charge in [0.15, 0.2) is 0 Å². The largest absolute Gasteiger partial charge is 0.478 e. The van der Waals surface area contributed by atoms with Crippen LogP contribution in [0, 0.1) is 11.6 Å². The third-order valence-electron chi connectivity index (χ3n) is 5.10. The molecule has 2 aromatic rings. The van der Waals surface area contributed by atoms with Crippen molar-refractivity contribution in [3.63, 3.8) is 0 Å². The van der Waals surface area contributed by atoms with Crippen LogP contribution in [0.3, 0.4) is 0 Å². The zero-order valence-corrected chi connectivity index (χ0v) is 16.1. The second-order valence-electron chi connectivity index (χ2n) is 6.98. The molecule has 1 heterocycles. The number of nitrogens with one attached hydrogen (secondary N) is 1. The minimum Gasteiger partial charge on any atom is -0.478 e. The van der Waals surface area contributed by atoms with Gasteiger partial charge < -0.3 is 10.8 Å². The third-order valence-corrected chi connectivity index (χ3v) is 5.10. The quantitative estimate of drug-likeness (QED) is 0.367. The van der Waals surface area contributed by atoms with Crippen molar-refractivity contribution >= 4 is 17.6 Å². The molecule has 1 aromatic carbocycles. The molecule has 0 unspecified atom stereocenters. The fourth-order valence-electron chi connectivity index (χ4n) is 3.31. The van der Waals surface area contributed by atoms with E-state index in [2.05, 4.69) is 27.1 Å². The maximum absolute atomic E-state index is 14.2. The van der Waals surface area contributed by atoms with Crippen molar-refractivity contribution < 1.29 is 18.7 Å². The number of pyridine rings is 1. The van der Waals surface area contributed by atoms with Crippen LogP contribution >= 0.6 is 0 Å². The lowest BCUT2D eigenvalue weighted by Crippen LogP contribution is -2.40. The number of aromatic carboxylic acids is 1. The molecule has 1 fully saturated rings. The number of rotatable bonds is 7. The van der Waals surface area contributed by atoms with E-state index in [0.717, 1.165) is 37.5 Å². The molecular formula is C21H21F2N5O2. The number of carbonyl (C=O) groups is 1. The Labute approximate surface area is 172 Å². The highest BCUT2D eigenvalue weighted by Crippen LogP contribution is 2.43. The average molecular weight is 413 g/mol. The van der Waals surface area contributed by atoms with Crippen LogP contribution in [-0.4, -0.2) is 34.3 Å². The summed E-state index contributed by atoms with van der Waals surface area (Å²) in [7, 11) is 0. The van der Waals surface area contributed by atoms with Gasteiger partial charge in [-0.05, 0) is 49.2 Å². The Morgan fingerprint density at radius 3 is 2.70 bits per heavy atom. The van der Waals surface area contributed by atoms with Crippen molar-refractivity contribution in [3.05, 3.63) is 77.6 Å². The minimum absolute atomic E-state index is 0.0452. The van der Waals surface area contributed by atoms with E-state index in [1.165, 1.54) is 18.2 Å². The second kappa shape index (κ2) is 8.81. The zero-order chi connectivity index (χ0) is 21.7. The van der Waals surface area contributed by atoms with E-state index in [1.54, 1.807) is 6.20 Å². The summed E-state index contributed by atoms with van der Waals surface area (Å²) in [5.41, 5.74) is 8.16. The lowest BCUT2D eigenvalue weighted by molar-refractivity contribution is 0.0697. The molecule has 3 rings (SSSR count). The van der Waals surface area contributed by atoms with Crippen LogP contribution in [0.4, 0.5) is 8.78 Å². The zero-order valence-electron chi connectivity index (χ0n) is 16.1. The highest BCUT2D eigenvalue weighted by molar-refractivity contribution is 6.09. The predicted molar refractivity (Wildman–Crippen MR) is 109 cm³/mol. The number of guanidine groups is 1. The van der Waals surface area contributed by atoms with E-state index < -0.39 is 17.2 Å². The number of hydrazone groups is 1. The molecule has 30 heavy (non-hydrogen) atoms. The first kappa shape index (κ1) is 21.1. The number of hydrogen-bond acceptors (Lipinski definition) is 4. The number of aliphatic imine (C=N–C) groups is 1. The van der Waals surface area contributed by atoms with Crippen molar-refractivity contribution in [2.45, 2.75) is 24.7 Å². The Balaban J connectivity index is 1.77. The number of benzene rings is 1. The molecule has 0 aliphatic heterocycles. The fourth-order valence-corrected chi connectivity index (χ4v) is 3.31. The van der Waals surface area contributed by atoms with Crippen molar-refractivity contribution in [2.75, 3.05) is 6.54 Å². The highest BCUT2D eigenvalue weighted by atomic mass is 19.1. The summed E-state index contributed by atoms with van der Waals surface area (Å²) in [5, 5.41) is 13.1. The highest BCUT2D eigenvalue weighted by Gasteiger charge is 2.41. The van der Waals surface area contributed by atoms with Crippen molar-refractivity contribution in [3.8, 4) is 0 Å². The van der Waals surface area contributed by atoms with Gasteiger partial charge in [-0.1, -0.05) is 13.0 Å². The molecule has 156 valence electrons. The van der Waals surface area contributed by atoms with Gasteiger partial charge in [0.2, 0.25) is 5.96 Å². The van der Waals surface area contributed by atoms with E-state index in [1.807, 2.05) is 0 Å². The van der Waals surface area contributed by atoms with Gasteiger partial charge in [0.05, 0.1) is 23.5 Å². The van der Waals surface area contributed by atoms with Gasteiger partial charge >= 0.3 is 5.97 Å². The molecule has 9 heteroatoms. The van der Waals surface area contributed by atoms with Crippen LogP contribution < -0.4 is 11.2 Å². The molecule has 0 saturated heterocycles. The van der Waals surface area contributed by atoms with Gasteiger partial charge in [0.1, 0.15) is 11.6 Å². The molecule has 1 saturated carbocycles. The van der Waals surface area contributed by atoms with Crippen LogP contribution in [0.15, 0.2) is 59.3 Å². The topological polar surface area (TPSA) is 113 Å².